The number of nitrogens with one attached hydrogen (secondary N) is 3. The minimum Gasteiger partial charge on any atom is -0.491 e. The summed E-state index contributed by atoms with van der Waals surface area (Å²) in [6, 6.07) is 14.8. The van der Waals surface area contributed by atoms with Gasteiger partial charge in [-0.1, -0.05) is 25.3 Å². The van der Waals surface area contributed by atoms with Crippen LogP contribution in [0.25, 0.3) is 0 Å². The van der Waals surface area contributed by atoms with E-state index in [4.69, 9.17) is 9.47 Å². The molecule has 7 heteroatoms. The van der Waals surface area contributed by atoms with E-state index >= 15 is 0 Å². The third kappa shape index (κ3) is 7.22. The van der Waals surface area contributed by atoms with Crippen molar-refractivity contribution in [2.75, 3.05) is 30.4 Å². The summed E-state index contributed by atoms with van der Waals surface area (Å²) in [7, 11) is 0. The van der Waals surface area contributed by atoms with Gasteiger partial charge in [-0.15, -0.1) is 0 Å². The van der Waals surface area contributed by atoms with E-state index in [-0.39, 0.29) is 30.5 Å². The highest BCUT2D eigenvalue weighted by atomic mass is 16.5. The molecule has 0 aromatic heterocycles. The Bertz CT molecular complexity index is 919. The lowest BCUT2D eigenvalue weighted by Gasteiger charge is -2.22. The highest BCUT2D eigenvalue weighted by Gasteiger charge is 2.17. The topological polar surface area (TPSA) is 88.7 Å². The van der Waals surface area contributed by atoms with Crippen LogP contribution in [0.1, 0.15) is 55.3 Å². The molecular formula is C26H33N3O4. The normalized spacial score (nSPS) is 18.5. The summed E-state index contributed by atoms with van der Waals surface area (Å²) in [4.78, 5) is 24.9. The molecule has 0 spiro atoms. The standard InChI is InChI=1S/C26H33N3O4/c30-25(17-27-20-11-13-23(14-12-20)33-18-24-10-5-15-32-24)28-22-9-4-6-19(16-22)26(31)29-21-7-2-1-3-8-21/h4,6,9,11-14,16,21,24,27H,1-3,5,7-8,10,15,17-18H2,(H,28,30)(H,29,31). The SMILES string of the molecule is O=C(CNc1ccc(OCC2CCCO2)cc1)Nc1cccc(C(=O)NC2CCCCC2)c1. The van der Waals surface area contributed by atoms with Crippen LogP contribution in [0.5, 0.6) is 5.75 Å². The van der Waals surface area contributed by atoms with E-state index in [0.29, 0.717) is 17.9 Å². The lowest BCUT2D eigenvalue weighted by molar-refractivity contribution is -0.114. The van der Waals surface area contributed by atoms with Crippen molar-refractivity contribution in [1.29, 1.82) is 0 Å². The number of benzene rings is 2. The van der Waals surface area contributed by atoms with Crippen molar-refractivity contribution in [3.8, 4) is 5.75 Å². The number of carbonyl (C=O) groups excluding carboxylic acids is 2. The minimum atomic E-state index is -0.182. The fraction of sp³-hybridized carbons (Fsp3) is 0.462. The molecule has 1 heterocycles. The molecule has 0 radical (unpaired) electrons. The number of rotatable bonds is 9. The highest BCUT2D eigenvalue weighted by Crippen LogP contribution is 2.20. The first kappa shape index (κ1) is 23.1. The molecule has 2 aromatic rings. The summed E-state index contributed by atoms with van der Waals surface area (Å²) >= 11 is 0. The molecule has 33 heavy (non-hydrogen) atoms. The first-order valence-corrected chi connectivity index (χ1v) is 11.9. The minimum absolute atomic E-state index is 0.0853. The van der Waals surface area contributed by atoms with Crippen LogP contribution >= 0.6 is 0 Å². The van der Waals surface area contributed by atoms with E-state index < -0.39 is 0 Å². The Morgan fingerprint density at radius 3 is 2.52 bits per heavy atom. The van der Waals surface area contributed by atoms with Crippen LogP contribution in [0.15, 0.2) is 48.5 Å². The van der Waals surface area contributed by atoms with Crippen molar-refractivity contribution in [2.45, 2.75) is 57.1 Å². The maximum atomic E-state index is 12.6. The van der Waals surface area contributed by atoms with Gasteiger partial charge in [-0.3, -0.25) is 9.59 Å². The third-order valence-corrected chi connectivity index (χ3v) is 6.12. The van der Waals surface area contributed by atoms with E-state index in [1.165, 1.54) is 19.3 Å². The molecule has 2 fully saturated rings. The summed E-state index contributed by atoms with van der Waals surface area (Å²) in [6.45, 7) is 1.50. The summed E-state index contributed by atoms with van der Waals surface area (Å²) in [5.74, 6) is 0.514. The van der Waals surface area contributed by atoms with Crippen LogP contribution in [0.4, 0.5) is 11.4 Å². The Labute approximate surface area is 195 Å². The van der Waals surface area contributed by atoms with Gasteiger partial charge in [0.05, 0.1) is 12.6 Å². The second kappa shape index (κ2) is 11.7. The van der Waals surface area contributed by atoms with Gasteiger partial charge in [0.15, 0.2) is 0 Å². The van der Waals surface area contributed by atoms with Gasteiger partial charge in [0.25, 0.3) is 5.91 Å². The fourth-order valence-corrected chi connectivity index (χ4v) is 4.28. The predicted molar refractivity (Wildman–Crippen MR) is 129 cm³/mol. The second-order valence-corrected chi connectivity index (χ2v) is 8.76. The zero-order valence-corrected chi connectivity index (χ0v) is 19.0. The van der Waals surface area contributed by atoms with Crippen molar-refractivity contribution in [2.24, 2.45) is 0 Å². The Morgan fingerprint density at radius 2 is 1.76 bits per heavy atom. The van der Waals surface area contributed by atoms with E-state index in [0.717, 1.165) is 43.7 Å². The van der Waals surface area contributed by atoms with Gasteiger partial charge in [0.1, 0.15) is 12.4 Å². The maximum absolute atomic E-state index is 12.6. The zero-order chi connectivity index (χ0) is 22.9. The van der Waals surface area contributed by atoms with Crippen LogP contribution in [0, 0.1) is 0 Å². The first-order chi connectivity index (χ1) is 16.2. The number of anilines is 2. The summed E-state index contributed by atoms with van der Waals surface area (Å²) in [5, 5.41) is 9.07. The number of carbonyl (C=O) groups is 2. The van der Waals surface area contributed by atoms with Crippen molar-refractivity contribution in [3.05, 3.63) is 54.1 Å². The monoisotopic (exact) mass is 451 g/mol. The average molecular weight is 452 g/mol. The largest absolute Gasteiger partial charge is 0.491 e. The van der Waals surface area contributed by atoms with Gasteiger partial charge in [-0.25, -0.2) is 0 Å². The number of hydrogen-bond donors (Lipinski definition) is 3. The van der Waals surface area contributed by atoms with E-state index in [2.05, 4.69) is 16.0 Å². The molecule has 1 saturated carbocycles. The number of hydrogen-bond acceptors (Lipinski definition) is 5. The molecule has 1 aliphatic carbocycles. The Balaban J connectivity index is 1.21. The molecule has 3 N–H and O–H groups in total. The van der Waals surface area contributed by atoms with Crippen molar-refractivity contribution < 1.29 is 19.1 Å². The Hall–Kier alpha value is -3.06. The van der Waals surface area contributed by atoms with Crippen molar-refractivity contribution in [3.63, 3.8) is 0 Å². The van der Waals surface area contributed by atoms with E-state index in [1.54, 1.807) is 24.3 Å². The summed E-state index contributed by atoms with van der Waals surface area (Å²) in [5.41, 5.74) is 2.00. The van der Waals surface area contributed by atoms with E-state index in [1.807, 2.05) is 24.3 Å². The highest BCUT2D eigenvalue weighted by molar-refractivity contribution is 5.98. The number of amides is 2. The predicted octanol–water partition coefficient (Wildman–Crippen LogP) is 4.36. The second-order valence-electron chi connectivity index (χ2n) is 8.76. The van der Waals surface area contributed by atoms with Crippen LogP contribution < -0.4 is 20.7 Å². The van der Waals surface area contributed by atoms with Crippen LogP contribution in [-0.4, -0.2) is 43.7 Å². The summed E-state index contributed by atoms with van der Waals surface area (Å²) < 4.78 is 11.3. The lowest BCUT2D eigenvalue weighted by atomic mass is 9.95. The molecule has 2 aliphatic rings. The maximum Gasteiger partial charge on any atom is 0.251 e. The molecule has 7 nitrogen and oxygen atoms in total. The number of ether oxygens (including phenoxy) is 2. The quantitative estimate of drug-likeness (QED) is 0.527. The van der Waals surface area contributed by atoms with Gasteiger partial charge < -0.3 is 25.4 Å². The van der Waals surface area contributed by atoms with Crippen LogP contribution in [0.3, 0.4) is 0 Å². The lowest BCUT2D eigenvalue weighted by Crippen LogP contribution is -2.36. The fourth-order valence-electron chi connectivity index (χ4n) is 4.28. The van der Waals surface area contributed by atoms with Crippen molar-refractivity contribution in [1.82, 2.24) is 5.32 Å². The molecule has 1 saturated heterocycles. The Morgan fingerprint density at radius 1 is 0.939 bits per heavy atom. The molecule has 1 unspecified atom stereocenters. The van der Waals surface area contributed by atoms with Gasteiger partial charge in [-0.05, 0) is 68.1 Å². The smallest absolute Gasteiger partial charge is 0.251 e. The van der Waals surface area contributed by atoms with Gasteiger partial charge >= 0.3 is 0 Å². The molecule has 2 aromatic carbocycles. The molecular weight excluding hydrogens is 418 g/mol. The Kier molecular flexibility index (Phi) is 8.19. The van der Waals surface area contributed by atoms with Gasteiger partial charge in [0.2, 0.25) is 5.91 Å². The summed E-state index contributed by atoms with van der Waals surface area (Å²) in [6.07, 6.45) is 7.97. The first-order valence-electron chi connectivity index (χ1n) is 11.9. The molecule has 4 rings (SSSR count). The van der Waals surface area contributed by atoms with E-state index in [9.17, 15) is 9.59 Å². The molecule has 1 aliphatic heterocycles. The zero-order valence-electron chi connectivity index (χ0n) is 19.0. The van der Waals surface area contributed by atoms with Gasteiger partial charge in [0, 0.05) is 29.6 Å². The van der Waals surface area contributed by atoms with Gasteiger partial charge in [-0.2, -0.15) is 0 Å². The molecule has 1 atom stereocenters. The average Bonchev–Trinajstić information content (AvgIpc) is 3.37. The molecule has 0 bridgehead atoms. The third-order valence-electron chi connectivity index (χ3n) is 6.12. The molecule has 176 valence electrons. The van der Waals surface area contributed by atoms with Crippen LogP contribution in [0.2, 0.25) is 0 Å². The van der Waals surface area contributed by atoms with Crippen molar-refractivity contribution >= 4 is 23.2 Å². The molecule has 2 amide bonds. The van der Waals surface area contributed by atoms with Crippen LogP contribution in [-0.2, 0) is 9.53 Å².